The van der Waals surface area contributed by atoms with Crippen molar-refractivity contribution >= 4 is 0 Å². The minimum absolute atomic E-state index is 0.284. The molecule has 4 heteroatoms. The molecule has 0 radical (unpaired) electrons. The SMILES string of the molecule is [2H]C([2H])([2H])Oc1cc2c(cc1OC)C([2H])([2H])C([2H])([2H])N1C2([2H])CC([2H])(O)C([2H])(C([2H])([2H])C(C)(C([2H])([2H])[2H])C([2H])([2H])[2H])C1([2H])[2H]. The van der Waals surface area contributed by atoms with Crippen LogP contribution in [0.15, 0.2) is 12.1 Å². The zero-order chi connectivity index (χ0) is 34.9. The number of rotatable bonds is 3. The molecule has 4 nitrogen and oxygen atoms in total. The topological polar surface area (TPSA) is 41.9 Å². The molecule has 2 aliphatic rings. The predicted octanol–water partition coefficient (Wildman–Crippen LogP) is 3.42. The van der Waals surface area contributed by atoms with Crippen molar-refractivity contribution < 1.29 is 42.0 Å². The fourth-order valence-corrected chi connectivity index (χ4v) is 2.49. The molecular formula is C20H31NO3. The highest BCUT2D eigenvalue weighted by atomic mass is 16.5. The molecule has 1 aromatic rings. The summed E-state index contributed by atoms with van der Waals surface area (Å²) in [5, 5.41) is 11.5. The number of piperidine rings is 1. The summed E-state index contributed by atoms with van der Waals surface area (Å²) >= 11 is 0. The van der Waals surface area contributed by atoms with Crippen LogP contribution in [0, 0.1) is 11.3 Å². The highest BCUT2D eigenvalue weighted by Crippen LogP contribution is 2.44. The molecule has 2 heterocycles. The van der Waals surface area contributed by atoms with Gasteiger partial charge in [0, 0.05) is 39.6 Å². The number of nitrogens with zero attached hydrogens (tertiary/aromatic N) is 1. The summed E-state index contributed by atoms with van der Waals surface area (Å²) in [6, 6.07) is -1.68. The second kappa shape index (κ2) is 6.57. The van der Waals surface area contributed by atoms with Crippen LogP contribution in [0.1, 0.15) is 78.0 Å². The summed E-state index contributed by atoms with van der Waals surface area (Å²) in [5.74, 6) is -5.39. The maximum absolute atomic E-state index is 11.5. The van der Waals surface area contributed by atoms with E-state index in [-0.39, 0.29) is 4.90 Å². The number of hydrogen-bond donors (Lipinski definition) is 1. The number of methoxy groups -OCH3 is 2. The summed E-state index contributed by atoms with van der Waals surface area (Å²) < 4.78 is 177. The van der Waals surface area contributed by atoms with Gasteiger partial charge in [0.15, 0.2) is 11.5 Å². The third kappa shape index (κ3) is 3.40. The second-order valence-corrected chi connectivity index (χ2v) is 5.53. The first-order chi connectivity index (χ1) is 19.1. The van der Waals surface area contributed by atoms with Crippen LogP contribution < -0.4 is 9.47 Å². The van der Waals surface area contributed by atoms with Gasteiger partial charge in [0.25, 0.3) is 0 Å². The number of benzene rings is 1. The van der Waals surface area contributed by atoms with Gasteiger partial charge in [-0.05, 0) is 53.7 Å². The normalized spacial score (nSPS) is 57.3. The molecule has 1 saturated heterocycles. The molecule has 24 heavy (non-hydrogen) atoms. The van der Waals surface area contributed by atoms with E-state index < -0.39 is 98.9 Å². The highest BCUT2D eigenvalue weighted by molar-refractivity contribution is 5.49. The van der Waals surface area contributed by atoms with Gasteiger partial charge in [-0.1, -0.05) is 20.6 Å². The Morgan fingerprint density at radius 3 is 2.96 bits per heavy atom. The monoisotopic (exact) mass is 353 g/mol. The molecule has 0 saturated carbocycles. The summed E-state index contributed by atoms with van der Waals surface area (Å²) in [6.07, 6.45) is -13.2. The standard InChI is InChI=1S/C20H31NO3/c1-20(2,3)11-14-12-21-7-6-13-8-18(23-4)19(24-5)9-15(13)16(21)10-17(14)22/h8-9,14,16-17,22H,6-7,10-12H2,1-5H3/i1D3,2D3,5D3,6D2,7D2,11D2,12D2,14D,16D,17D. The highest BCUT2D eigenvalue weighted by Gasteiger charge is 2.39. The van der Waals surface area contributed by atoms with E-state index in [0.717, 1.165) is 13.2 Å². The first-order valence-electron chi connectivity index (χ1n) is 17.0. The minimum atomic E-state index is -4.28. The van der Waals surface area contributed by atoms with Crippen molar-refractivity contribution in [2.75, 3.05) is 27.1 Å². The molecule has 134 valence electrons. The van der Waals surface area contributed by atoms with Gasteiger partial charge >= 0.3 is 0 Å². The van der Waals surface area contributed by atoms with Crippen LogP contribution in [-0.4, -0.2) is 43.2 Å². The molecule has 0 aliphatic carbocycles. The summed E-state index contributed by atoms with van der Waals surface area (Å²) in [5.41, 5.74) is -5.19. The fourth-order valence-electron chi connectivity index (χ4n) is 2.49. The van der Waals surface area contributed by atoms with Gasteiger partial charge in [0.05, 0.1) is 27.1 Å². The van der Waals surface area contributed by atoms with E-state index in [1.54, 1.807) is 0 Å². The van der Waals surface area contributed by atoms with Crippen molar-refractivity contribution in [3.8, 4) is 11.5 Å². The van der Waals surface area contributed by atoms with Crippen molar-refractivity contribution in [2.45, 2.75) is 51.9 Å². The van der Waals surface area contributed by atoms with Crippen LogP contribution in [0.4, 0.5) is 0 Å². The van der Waals surface area contributed by atoms with E-state index in [0.29, 0.717) is 13.0 Å². The predicted molar refractivity (Wildman–Crippen MR) is 95.7 cm³/mol. The zero-order valence-electron chi connectivity index (χ0n) is 33.1. The summed E-state index contributed by atoms with van der Waals surface area (Å²) in [4.78, 5) is -0.284. The van der Waals surface area contributed by atoms with Gasteiger partial charge in [-0.15, -0.1) is 0 Å². The van der Waals surface area contributed by atoms with Crippen LogP contribution in [0.3, 0.4) is 0 Å². The van der Waals surface area contributed by atoms with E-state index in [2.05, 4.69) is 0 Å². The third-order valence-corrected chi connectivity index (χ3v) is 3.52. The van der Waals surface area contributed by atoms with Gasteiger partial charge in [-0.2, -0.15) is 0 Å². The zero-order valence-corrected chi connectivity index (χ0v) is 13.1. The first-order valence-corrected chi connectivity index (χ1v) is 7.03. The Balaban J connectivity index is 2.52. The lowest BCUT2D eigenvalue weighted by Crippen LogP contribution is -2.48. The molecular weight excluding hydrogens is 302 g/mol. The van der Waals surface area contributed by atoms with Gasteiger partial charge in [-0.3, -0.25) is 4.90 Å². The molecule has 1 N–H and O–H groups in total. The Morgan fingerprint density at radius 1 is 1.46 bits per heavy atom. The Labute approximate surface area is 173 Å². The quantitative estimate of drug-likeness (QED) is 0.904. The van der Waals surface area contributed by atoms with E-state index in [4.69, 9.17) is 35.5 Å². The summed E-state index contributed by atoms with van der Waals surface area (Å²) in [7, 11) is -2.12. The Kier molecular flexibility index (Phi) is 1.47. The fraction of sp³-hybridized carbons (Fsp3) is 0.700. The number of ether oxygens (including phenoxy) is 2. The van der Waals surface area contributed by atoms with Gasteiger partial charge in [-0.25, -0.2) is 0 Å². The largest absolute Gasteiger partial charge is 0.493 e. The molecule has 0 aromatic heterocycles. The van der Waals surface area contributed by atoms with E-state index in [9.17, 15) is 6.48 Å². The number of hydrogen-bond acceptors (Lipinski definition) is 4. The van der Waals surface area contributed by atoms with Crippen molar-refractivity contribution in [2.24, 2.45) is 11.3 Å². The number of aryl methyl sites for hydroxylation is 1. The lowest BCUT2D eigenvalue weighted by Gasteiger charge is -2.47. The smallest absolute Gasteiger partial charge is 0.161 e. The van der Waals surface area contributed by atoms with E-state index >= 15 is 0 Å². The molecule has 0 bridgehead atoms. The summed E-state index contributed by atoms with van der Waals surface area (Å²) in [6.45, 7) is -15.4. The molecule has 1 fully saturated rings. The lowest BCUT2D eigenvalue weighted by atomic mass is 9.75. The Hall–Kier alpha value is -1.26. The van der Waals surface area contributed by atoms with E-state index in [1.807, 2.05) is 0 Å². The molecule has 1 aromatic carbocycles. The maximum Gasteiger partial charge on any atom is 0.161 e. The van der Waals surface area contributed by atoms with Gasteiger partial charge in [0.1, 0.15) is 0 Å². The maximum atomic E-state index is 11.5. The molecule has 0 amide bonds. The van der Waals surface area contributed by atoms with Gasteiger partial charge in [0.2, 0.25) is 0 Å². The second-order valence-electron chi connectivity index (χ2n) is 5.53. The van der Waals surface area contributed by atoms with Crippen LogP contribution in [0.2, 0.25) is 0 Å². The van der Waals surface area contributed by atoms with Crippen molar-refractivity contribution in [3.05, 3.63) is 23.3 Å². The average Bonchev–Trinajstić information content (AvgIpc) is 2.77. The van der Waals surface area contributed by atoms with Crippen molar-refractivity contribution in [1.82, 2.24) is 4.90 Å². The van der Waals surface area contributed by atoms with Crippen LogP contribution in [-0.2, 0) is 6.37 Å². The Morgan fingerprint density at radius 2 is 2.25 bits per heavy atom. The van der Waals surface area contributed by atoms with Gasteiger partial charge < -0.3 is 14.6 Å². The van der Waals surface area contributed by atoms with Crippen LogP contribution in [0.25, 0.3) is 0 Å². The number of fused-ring (bicyclic) bond motifs is 3. The number of aliphatic hydroxyl groups is 1. The molecule has 3 rings (SSSR count). The first kappa shape index (κ1) is 5.37. The Bertz CT molecular complexity index is 1300. The van der Waals surface area contributed by atoms with Crippen molar-refractivity contribution in [3.63, 3.8) is 0 Å². The van der Waals surface area contributed by atoms with Crippen LogP contribution >= 0.6 is 0 Å². The molecule has 3 atom stereocenters. The van der Waals surface area contributed by atoms with E-state index in [1.165, 1.54) is 0 Å². The lowest BCUT2D eigenvalue weighted by molar-refractivity contribution is -0.0259. The van der Waals surface area contributed by atoms with Crippen LogP contribution in [0.5, 0.6) is 11.5 Å². The molecule has 0 spiro atoms. The molecule has 3 unspecified atom stereocenters. The van der Waals surface area contributed by atoms with Crippen molar-refractivity contribution in [1.29, 1.82) is 0 Å². The third-order valence-electron chi connectivity index (χ3n) is 3.52. The minimum Gasteiger partial charge on any atom is -0.493 e. The molecule has 2 aliphatic heterocycles. The average molecular weight is 354 g/mol.